The van der Waals surface area contributed by atoms with Crippen molar-refractivity contribution in [3.05, 3.63) is 42.4 Å². The second kappa shape index (κ2) is 5.92. The fourth-order valence-electron chi connectivity index (χ4n) is 1.42. The van der Waals surface area contributed by atoms with Crippen molar-refractivity contribution in [1.82, 2.24) is 14.8 Å². The Morgan fingerprint density at radius 3 is 3.11 bits per heavy atom. The van der Waals surface area contributed by atoms with E-state index < -0.39 is 0 Å². The lowest BCUT2D eigenvalue weighted by atomic mass is 10.3. The molecule has 2 aromatic rings. The topological polar surface area (TPSA) is 69.0 Å². The molecule has 0 aliphatic rings. The van der Waals surface area contributed by atoms with Gasteiger partial charge in [0.1, 0.15) is 0 Å². The van der Waals surface area contributed by atoms with Gasteiger partial charge in [-0.05, 0) is 12.1 Å². The van der Waals surface area contributed by atoms with Gasteiger partial charge in [-0.1, -0.05) is 0 Å². The fraction of sp³-hybridized carbons (Fsp3) is 0.250. The van der Waals surface area contributed by atoms with E-state index in [-0.39, 0.29) is 5.91 Å². The third-order valence-electron chi connectivity index (χ3n) is 2.33. The summed E-state index contributed by atoms with van der Waals surface area (Å²) in [6.07, 6.45) is 4.92. The predicted octanol–water partition coefficient (Wildman–Crippen LogP) is 1.18. The zero-order valence-corrected chi connectivity index (χ0v) is 10.0. The van der Waals surface area contributed by atoms with Crippen molar-refractivity contribution in [2.45, 2.75) is 6.54 Å². The summed E-state index contributed by atoms with van der Waals surface area (Å²) in [5.41, 5.74) is 0.504. The van der Waals surface area contributed by atoms with E-state index in [4.69, 9.17) is 4.74 Å². The number of nitrogens with one attached hydrogen (secondary N) is 1. The molecule has 6 heteroatoms. The van der Waals surface area contributed by atoms with Gasteiger partial charge in [0, 0.05) is 31.8 Å². The van der Waals surface area contributed by atoms with Gasteiger partial charge in [-0.25, -0.2) is 0 Å². The molecule has 0 unspecified atom stereocenters. The van der Waals surface area contributed by atoms with Crippen LogP contribution in [0.5, 0.6) is 0 Å². The molecule has 0 spiro atoms. The number of carbonyl (C=O) groups excluding carboxylic acids is 1. The first-order chi connectivity index (χ1) is 8.79. The number of amides is 1. The van der Waals surface area contributed by atoms with Crippen LogP contribution in [0.2, 0.25) is 0 Å². The van der Waals surface area contributed by atoms with Crippen LogP contribution in [-0.2, 0) is 11.3 Å². The molecule has 0 radical (unpaired) electrons. The molecule has 0 aromatic carbocycles. The summed E-state index contributed by atoms with van der Waals surface area (Å²) in [5.74, 6) is 0.292. The molecule has 1 N–H and O–H groups in total. The van der Waals surface area contributed by atoms with Crippen molar-refractivity contribution in [2.24, 2.45) is 0 Å². The largest absolute Gasteiger partial charge is 0.383 e. The van der Waals surface area contributed by atoms with E-state index in [2.05, 4.69) is 15.4 Å². The summed E-state index contributed by atoms with van der Waals surface area (Å²) < 4.78 is 6.66. The van der Waals surface area contributed by atoms with Crippen LogP contribution in [0.3, 0.4) is 0 Å². The minimum Gasteiger partial charge on any atom is -0.383 e. The number of methoxy groups -OCH3 is 1. The van der Waals surface area contributed by atoms with Crippen molar-refractivity contribution in [3.63, 3.8) is 0 Å². The lowest BCUT2D eigenvalue weighted by Crippen LogP contribution is -2.13. The SMILES string of the molecule is COCCn1ccc(NC(=O)c2cccnc2)n1. The van der Waals surface area contributed by atoms with Crippen molar-refractivity contribution in [2.75, 3.05) is 19.0 Å². The maximum atomic E-state index is 11.8. The van der Waals surface area contributed by atoms with E-state index in [1.165, 1.54) is 6.20 Å². The second-order valence-corrected chi connectivity index (χ2v) is 3.65. The van der Waals surface area contributed by atoms with Crippen LogP contribution in [0, 0.1) is 0 Å². The van der Waals surface area contributed by atoms with Crippen LogP contribution in [0.15, 0.2) is 36.8 Å². The minimum absolute atomic E-state index is 0.222. The molecule has 2 rings (SSSR count). The lowest BCUT2D eigenvalue weighted by molar-refractivity contribution is 0.102. The average Bonchev–Trinajstić information content (AvgIpc) is 2.85. The van der Waals surface area contributed by atoms with Crippen LogP contribution in [0.4, 0.5) is 5.82 Å². The van der Waals surface area contributed by atoms with Gasteiger partial charge in [0.2, 0.25) is 0 Å². The molecule has 0 aliphatic heterocycles. The molecule has 0 saturated heterocycles. The quantitative estimate of drug-likeness (QED) is 0.860. The first-order valence-corrected chi connectivity index (χ1v) is 5.53. The fourth-order valence-corrected chi connectivity index (χ4v) is 1.42. The van der Waals surface area contributed by atoms with E-state index >= 15 is 0 Å². The van der Waals surface area contributed by atoms with Gasteiger partial charge < -0.3 is 10.1 Å². The maximum Gasteiger partial charge on any atom is 0.258 e. The van der Waals surface area contributed by atoms with Gasteiger partial charge in [-0.2, -0.15) is 5.10 Å². The number of carbonyl (C=O) groups is 1. The van der Waals surface area contributed by atoms with Crippen molar-refractivity contribution < 1.29 is 9.53 Å². The first kappa shape index (κ1) is 12.3. The summed E-state index contributed by atoms with van der Waals surface area (Å²) >= 11 is 0. The predicted molar refractivity (Wildman–Crippen MR) is 66.3 cm³/mol. The number of pyridine rings is 1. The Morgan fingerprint density at radius 2 is 2.39 bits per heavy atom. The van der Waals surface area contributed by atoms with Gasteiger partial charge in [0.15, 0.2) is 5.82 Å². The molecule has 0 saturated carbocycles. The third-order valence-corrected chi connectivity index (χ3v) is 2.33. The second-order valence-electron chi connectivity index (χ2n) is 3.65. The highest BCUT2D eigenvalue weighted by atomic mass is 16.5. The summed E-state index contributed by atoms with van der Waals surface area (Å²) in [7, 11) is 1.63. The molecule has 6 nitrogen and oxygen atoms in total. The Kier molecular flexibility index (Phi) is 4.03. The highest BCUT2D eigenvalue weighted by molar-refractivity contribution is 6.03. The Morgan fingerprint density at radius 1 is 1.50 bits per heavy atom. The first-order valence-electron chi connectivity index (χ1n) is 5.53. The van der Waals surface area contributed by atoms with E-state index in [1.807, 2.05) is 0 Å². The molecule has 2 aromatic heterocycles. The number of anilines is 1. The third kappa shape index (κ3) is 3.14. The van der Waals surface area contributed by atoms with Gasteiger partial charge in [0.25, 0.3) is 5.91 Å². The van der Waals surface area contributed by atoms with Crippen molar-refractivity contribution in [3.8, 4) is 0 Å². The van der Waals surface area contributed by atoms with Crippen LogP contribution in [0.1, 0.15) is 10.4 Å². The van der Waals surface area contributed by atoms with Crippen LogP contribution >= 0.6 is 0 Å². The lowest BCUT2D eigenvalue weighted by Gasteiger charge is -2.01. The number of ether oxygens (including phenoxy) is 1. The molecule has 18 heavy (non-hydrogen) atoms. The highest BCUT2D eigenvalue weighted by Crippen LogP contribution is 2.05. The van der Waals surface area contributed by atoms with Crippen molar-refractivity contribution in [1.29, 1.82) is 0 Å². The number of hydrogen-bond donors (Lipinski definition) is 1. The number of hydrogen-bond acceptors (Lipinski definition) is 4. The summed E-state index contributed by atoms with van der Waals surface area (Å²) in [6.45, 7) is 1.23. The Bertz CT molecular complexity index is 510. The smallest absolute Gasteiger partial charge is 0.258 e. The standard InChI is InChI=1S/C12H14N4O2/c1-18-8-7-16-6-4-11(15-16)14-12(17)10-3-2-5-13-9-10/h2-6,9H,7-8H2,1H3,(H,14,15,17). The number of aromatic nitrogens is 3. The molecule has 94 valence electrons. The zero-order chi connectivity index (χ0) is 12.8. The molecular weight excluding hydrogens is 232 g/mol. The van der Waals surface area contributed by atoms with E-state index in [0.717, 1.165) is 0 Å². The van der Waals surface area contributed by atoms with Crippen LogP contribution in [0.25, 0.3) is 0 Å². The molecule has 0 atom stereocenters. The normalized spacial score (nSPS) is 10.3. The Balaban J connectivity index is 1.97. The molecular formula is C12H14N4O2. The van der Waals surface area contributed by atoms with Gasteiger partial charge in [-0.15, -0.1) is 0 Å². The summed E-state index contributed by atoms with van der Waals surface area (Å²) in [6, 6.07) is 5.15. The summed E-state index contributed by atoms with van der Waals surface area (Å²) in [4.78, 5) is 15.7. The molecule has 0 bridgehead atoms. The molecule has 1 amide bonds. The number of nitrogens with zero attached hydrogens (tertiary/aromatic N) is 3. The highest BCUT2D eigenvalue weighted by Gasteiger charge is 2.07. The average molecular weight is 246 g/mol. The van der Waals surface area contributed by atoms with E-state index in [0.29, 0.717) is 24.5 Å². The maximum absolute atomic E-state index is 11.8. The van der Waals surface area contributed by atoms with Crippen LogP contribution < -0.4 is 5.32 Å². The van der Waals surface area contributed by atoms with E-state index in [1.54, 1.807) is 42.4 Å². The Labute approximate surface area is 105 Å². The van der Waals surface area contributed by atoms with Gasteiger partial charge in [0.05, 0.1) is 18.7 Å². The monoisotopic (exact) mass is 246 g/mol. The molecule has 2 heterocycles. The Hall–Kier alpha value is -2.21. The van der Waals surface area contributed by atoms with E-state index in [9.17, 15) is 4.79 Å². The van der Waals surface area contributed by atoms with Crippen molar-refractivity contribution >= 4 is 11.7 Å². The van der Waals surface area contributed by atoms with Gasteiger partial charge >= 0.3 is 0 Å². The number of rotatable bonds is 5. The molecule has 0 aliphatic carbocycles. The van der Waals surface area contributed by atoms with Crippen LogP contribution in [-0.4, -0.2) is 34.4 Å². The molecule has 0 fully saturated rings. The van der Waals surface area contributed by atoms with Gasteiger partial charge in [-0.3, -0.25) is 14.5 Å². The summed E-state index contributed by atoms with van der Waals surface area (Å²) in [5, 5.41) is 6.90. The minimum atomic E-state index is -0.222. The zero-order valence-electron chi connectivity index (χ0n) is 10.0.